The minimum Gasteiger partial charge on any atom is -0.267 e. The topological polar surface area (TPSA) is 53.7 Å². The largest absolute Gasteiger partial charge is 0.311 e. The maximum absolute atomic E-state index is 14.1. The monoisotopic (exact) mass is 408 g/mol. The molecule has 7 heteroatoms. The average molecular weight is 409 g/mol. The number of thioether (sulfide) groups is 1. The van der Waals surface area contributed by atoms with Crippen LogP contribution in [0.2, 0.25) is 0 Å². The summed E-state index contributed by atoms with van der Waals surface area (Å²) in [5.41, 5.74) is 9.46. The van der Waals surface area contributed by atoms with Gasteiger partial charge in [-0.25, -0.2) is 9.82 Å². The van der Waals surface area contributed by atoms with E-state index >= 15 is 0 Å². The molecule has 0 aliphatic heterocycles. The number of nitrogens with one attached hydrogen (secondary N) is 2. The van der Waals surface area contributed by atoms with Gasteiger partial charge in [0.1, 0.15) is 5.83 Å². The first-order chi connectivity index (χ1) is 14.2. The Bertz CT molecular complexity index is 924. The van der Waals surface area contributed by atoms with Gasteiger partial charge in [0.05, 0.1) is 11.1 Å². The predicted octanol–water partition coefficient (Wildman–Crippen LogP) is 4.71. The fourth-order valence-electron chi connectivity index (χ4n) is 2.72. The Morgan fingerprint density at radius 2 is 2.38 bits per heavy atom. The molecule has 0 radical (unpaired) electrons. The molecule has 2 unspecified atom stereocenters. The van der Waals surface area contributed by atoms with Crippen LogP contribution in [0, 0.1) is 12.5 Å². The van der Waals surface area contributed by atoms with E-state index in [0.29, 0.717) is 18.0 Å². The second-order valence-electron chi connectivity index (χ2n) is 6.56. The lowest BCUT2D eigenvalue weighted by Gasteiger charge is -2.16. The highest BCUT2D eigenvalue weighted by molar-refractivity contribution is 8.02. The molecule has 1 heterocycles. The van der Waals surface area contributed by atoms with Crippen molar-refractivity contribution in [2.24, 2.45) is 10.9 Å². The first-order valence-corrected chi connectivity index (χ1v) is 10.3. The van der Waals surface area contributed by atoms with Crippen LogP contribution < -0.4 is 10.9 Å². The normalized spacial score (nSPS) is 20.9. The van der Waals surface area contributed by atoms with Crippen molar-refractivity contribution < 1.29 is 4.39 Å². The lowest BCUT2D eigenvalue weighted by atomic mass is 10.2. The number of hydrogen-bond donors (Lipinski definition) is 2. The fourth-order valence-corrected chi connectivity index (χ4v) is 3.53. The molecular formula is C22H23FN5S+. The summed E-state index contributed by atoms with van der Waals surface area (Å²) in [6, 6.07) is 5.70. The second-order valence-corrected chi connectivity index (χ2v) is 7.50. The van der Waals surface area contributed by atoms with Crippen molar-refractivity contribution >= 4 is 17.5 Å². The number of halogens is 1. The molecule has 0 amide bonds. The summed E-state index contributed by atoms with van der Waals surface area (Å²) in [6.07, 6.45) is 10.5. The number of pyridine rings is 1. The lowest BCUT2D eigenvalue weighted by Crippen LogP contribution is -2.36. The minimum atomic E-state index is -0.351. The lowest BCUT2D eigenvalue weighted by molar-refractivity contribution is 0.456. The summed E-state index contributed by atoms with van der Waals surface area (Å²) < 4.78 is 14.1. The van der Waals surface area contributed by atoms with Gasteiger partial charge in [0.2, 0.25) is 0 Å². The minimum absolute atomic E-state index is 0.286. The molecule has 1 aromatic heterocycles. The molecule has 0 spiro atoms. The Kier molecular flexibility index (Phi) is 7.70. The van der Waals surface area contributed by atoms with Crippen LogP contribution >= 0.6 is 11.8 Å². The van der Waals surface area contributed by atoms with E-state index in [1.54, 1.807) is 42.4 Å². The number of rotatable bonds is 9. The Morgan fingerprint density at radius 1 is 1.48 bits per heavy atom. The van der Waals surface area contributed by atoms with Gasteiger partial charge in [0, 0.05) is 35.7 Å². The Hall–Kier alpha value is -2.79. The van der Waals surface area contributed by atoms with Crippen LogP contribution in [0.4, 0.5) is 4.39 Å². The van der Waals surface area contributed by atoms with Crippen LogP contribution in [0.5, 0.6) is 0 Å². The van der Waals surface area contributed by atoms with Gasteiger partial charge in [0.15, 0.2) is 6.17 Å². The van der Waals surface area contributed by atoms with Crippen molar-refractivity contribution in [3.8, 4) is 6.57 Å². The van der Waals surface area contributed by atoms with Crippen LogP contribution in [0.3, 0.4) is 0 Å². The van der Waals surface area contributed by atoms with E-state index in [9.17, 15) is 4.39 Å². The Morgan fingerprint density at radius 3 is 3.17 bits per heavy atom. The van der Waals surface area contributed by atoms with Crippen molar-refractivity contribution in [3.63, 3.8) is 0 Å². The average Bonchev–Trinajstić information content (AvgIpc) is 3.49. The summed E-state index contributed by atoms with van der Waals surface area (Å²) in [5, 5.41) is 1.87. The number of allylic oxidation sites excluding steroid dienone is 5. The molecule has 5 nitrogen and oxygen atoms in total. The number of aromatic nitrogens is 1. The van der Waals surface area contributed by atoms with Gasteiger partial charge in [-0.05, 0) is 41.1 Å². The molecule has 2 aliphatic carbocycles. The van der Waals surface area contributed by atoms with Crippen LogP contribution in [0.1, 0.15) is 18.3 Å². The first kappa shape index (κ1) is 20.9. The standard InChI is InChI=1S/C22H23FN5S/c1-16-6-5-7-19(23)17(12-16)14-26-28-22(20-8-3-4-9-25-20)27-21-13-18(21)15-29-11-10-24-2/h2-12,18,22,26,28H,1,13-15H2/q+1/b11-10-,27-21?. The summed E-state index contributed by atoms with van der Waals surface area (Å²) in [7, 11) is 0. The van der Waals surface area contributed by atoms with Crippen LogP contribution in [0.15, 0.2) is 88.9 Å². The summed E-state index contributed by atoms with van der Waals surface area (Å²) in [4.78, 5) is 12.7. The summed E-state index contributed by atoms with van der Waals surface area (Å²) in [5.74, 6) is 1.09. The van der Waals surface area contributed by atoms with E-state index in [4.69, 9.17) is 11.6 Å². The molecule has 0 bridgehead atoms. The molecule has 148 valence electrons. The SMILES string of the molecule is C#[N+]/C=C\SCC1CC1=NC(NNCC1=CC(=C)C=CC=C1F)c1ccccn1. The smallest absolute Gasteiger partial charge is 0.267 e. The fraction of sp³-hybridized carbons (Fsp3) is 0.227. The number of hydrazine groups is 1. The van der Waals surface area contributed by atoms with Crippen LogP contribution in [-0.4, -0.2) is 23.0 Å². The molecule has 2 N–H and O–H groups in total. The molecular weight excluding hydrogens is 385 g/mol. The number of nitrogens with zero attached hydrogens (tertiary/aromatic N) is 3. The van der Waals surface area contributed by atoms with E-state index < -0.39 is 0 Å². The quantitative estimate of drug-likeness (QED) is 0.581. The van der Waals surface area contributed by atoms with Gasteiger partial charge < -0.3 is 0 Å². The highest BCUT2D eigenvalue weighted by Gasteiger charge is 2.32. The van der Waals surface area contributed by atoms with E-state index in [-0.39, 0.29) is 12.0 Å². The van der Waals surface area contributed by atoms with Crippen molar-refractivity contribution in [1.82, 2.24) is 15.8 Å². The molecule has 3 rings (SSSR count). The molecule has 0 saturated heterocycles. The van der Waals surface area contributed by atoms with Crippen molar-refractivity contribution in [2.75, 3.05) is 12.3 Å². The van der Waals surface area contributed by atoms with Crippen molar-refractivity contribution in [2.45, 2.75) is 12.6 Å². The highest BCUT2D eigenvalue weighted by atomic mass is 32.2. The van der Waals surface area contributed by atoms with E-state index in [1.165, 1.54) is 6.08 Å². The molecule has 29 heavy (non-hydrogen) atoms. The number of aliphatic imine (C=N–C) groups is 1. The van der Waals surface area contributed by atoms with Crippen molar-refractivity contribution in [3.05, 3.63) is 94.4 Å². The van der Waals surface area contributed by atoms with Crippen molar-refractivity contribution in [1.29, 1.82) is 0 Å². The molecule has 2 atom stereocenters. The molecule has 1 aromatic rings. The van der Waals surface area contributed by atoms with Gasteiger partial charge >= 0.3 is 6.20 Å². The van der Waals surface area contributed by atoms with Crippen LogP contribution in [0.25, 0.3) is 4.85 Å². The van der Waals surface area contributed by atoms with E-state index in [1.807, 2.05) is 23.6 Å². The maximum Gasteiger partial charge on any atom is 0.311 e. The molecule has 1 fully saturated rings. The van der Waals surface area contributed by atoms with Gasteiger partial charge in [-0.15, -0.1) is 11.8 Å². The zero-order valence-corrected chi connectivity index (χ0v) is 16.8. The Balaban J connectivity index is 1.61. The van der Waals surface area contributed by atoms with Gasteiger partial charge in [-0.2, -0.15) is 0 Å². The predicted molar refractivity (Wildman–Crippen MR) is 119 cm³/mol. The highest BCUT2D eigenvalue weighted by Crippen LogP contribution is 2.32. The third-order valence-corrected chi connectivity index (χ3v) is 5.22. The van der Waals surface area contributed by atoms with Gasteiger partial charge in [0.25, 0.3) is 6.57 Å². The van der Waals surface area contributed by atoms with Gasteiger partial charge in [-0.3, -0.25) is 15.4 Å². The summed E-state index contributed by atoms with van der Waals surface area (Å²) in [6.45, 7) is 9.26. The second kappa shape index (κ2) is 10.7. The van der Waals surface area contributed by atoms with E-state index in [0.717, 1.165) is 29.2 Å². The zero-order valence-electron chi connectivity index (χ0n) is 16.0. The Labute approximate surface area is 174 Å². The molecule has 0 aromatic carbocycles. The third kappa shape index (κ3) is 6.64. The number of hydrogen-bond acceptors (Lipinski definition) is 5. The summed E-state index contributed by atoms with van der Waals surface area (Å²) >= 11 is 1.66. The first-order valence-electron chi connectivity index (χ1n) is 9.23. The van der Waals surface area contributed by atoms with Gasteiger partial charge in [-0.1, -0.05) is 24.8 Å². The van der Waals surface area contributed by atoms with E-state index in [2.05, 4.69) is 27.3 Å². The molecule has 1 saturated carbocycles. The zero-order chi connectivity index (χ0) is 20.5. The third-order valence-electron chi connectivity index (χ3n) is 4.31. The maximum atomic E-state index is 14.1. The van der Waals surface area contributed by atoms with Crippen LogP contribution in [-0.2, 0) is 0 Å². The molecule has 2 aliphatic rings.